The number of alkyl halides is 2. The topological polar surface area (TPSA) is 125 Å². The molecule has 3 N–H and O–H groups in total. The molecule has 2 aliphatic carbocycles. The minimum atomic E-state index is -2.87. The van der Waals surface area contributed by atoms with E-state index >= 15 is 0 Å². The van der Waals surface area contributed by atoms with Crippen LogP contribution in [-0.4, -0.2) is 65.0 Å². The number of primary amides is 1. The predicted molar refractivity (Wildman–Crippen MR) is 133 cm³/mol. The van der Waals surface area contributed by atoms with E-state index in [4.69, 9.17) is 15.2 Å². The number of rotatable bonds is 7. The first-order chi connectivity index (χ1) is 18.3. The van der Waals surface area contributed by atoms with Gasteiger partial charge >= 0.3 is 6.55 Å². The van der Waals surface area contributed by atoms with Gasteiger partial charge in [0.25, 0.3) is 11.8 Å². The van der Waals surface area contributed by atoms with Crippen molar-refractivity contribution in [3.8, 4) is 5.88 Å². The number of hydrogen-bond donors (Lipinski definition) is 2. The number of anilines is 1. The number of nitrogens with zero attached hydrogens (tertiary/aromatic N) is 4. The number of benzene rings is 1. The van der Waals surface area contributed by atoms with Crippen molar-refractivity contribution in [2.75, 3.05) is 31.2 Å². The SMILES string of the molecule is NC(=O)c1cccnc1OC1CC2(CC(NC(=O)c3nn(C(F)F)c4cc(N5CCOCC5)ccc34)C2)C1. The third-order valence-electron chi connectivity index (χ3n) is 7.80. The van der Waals surface area contributed by atoms with Gasteiger partial charge in [-0.25, -0.2) is 9.67 Å². The molecule has 3 fully saturated rings. The Bertz CT molecular complexity index is 1380. The lowest BCUT2D eigenvalue weighted by Crippen LogP contribution is -2.58. The number of fused-ring (bicyclic) bond motifs is 1. The van der Waals surface area contributed by atoms with E-state index in [9.17, 15) is 18.4 Å². The summed E-state index contributed by atoms with van der Waals surface area (Å²) in [6.45, 7) is -0.372. The second kappa shape index (κ2) is 9.50. The molecule has 2 saturated carbocycles. The summed E-state index contributed by atoms with van der Waals surface area (Å²) in [5.41, 5.74) is 6.72. The lowest BCUT2D eigenvalue weighted by atomic mass is 9.53. The highest BCUT2D eigenvalue weighted by Crippen LogP contribution is 2.56. The van der Waals surface area contributed by atoms with Crippen LogP contribution in [0.5, 0.6) is 5.88 Å². The number of carbonyl (C=O) groups excluding carboxylic acids is 2. The summed E-state index contributed by atoms with van der Waals surface area (Å²) in [7, 11) is 0. The molecule has 6 rings (SSSR count). The predicted octanol–water partition coefficient (Wildman–Crippen LogP) is 2.88. The van der Waals surface area contributed by atoms with Crippen molar-refractivity contribution >= 4 is 28.4 Å². The lowest BCUT2D eigenvalue weighted by molar-refractivity contribution is -0.0848. The molecule has 3 aromatic rings. The van der Waals surface area contributed by atoms with Crippen LogP contribution < -0.4 is 20.7 Å². The van der Waals surface area contributed by atoms with E-state index in [0.717, 1.165) is 31.4 Å². The number of carbonyl (C=O) groups is 2. The molecule has 0 bridgehead atoms. The first-order valence-corrected chi connectivity index (χ1v) is 12.7. The summed E-state index contributed by atoms with van der Waals surface area (Å²) in [4.78, 5) is 30.8. The van der Waals surface area contributed by atoms with Gasteiger partial charge in [-0.15, -0.1) is 0 Å². The fraction of sp³-hybridized carbons (Fsp3) is 0.462. The van der Waals surface area contributed by atoms with Gasteiger partial charge in [-0.1, -0.05) is 0 Å². The highest BCUT2D eigenvalue weighted by atomic mass is 19.3. The van der Waals surface area contributed by atoms with E-state index < -0.39 is 18.4 Å². The number of nitrogens with two attached hydrogens (primary N) is 1. The second-order valence-corrected chi connectivity index (χ2v) is 10.3. The zero-order valence-electron chi connectivity index (χ0n) is 20.6. The summed E-state index contributed by atoms with van der Waals surface area (Å²) in [6.07, 6.45) is 4.55. The molecule has 1 aromatic carbocycles. The molecule has 0 radical (unpaired) electrons. The third kappa shape index (κ3) is 4.42. The van der Waals surface area contributed by atoms with E-state index in [-0.39, 0.29) is 40.2 Å². The normalized spacial score (nSPS) is 24.8. The molecule has 2 amide bonds. The molecule has 10 nitrogen and oxygen atoms in total. The van der Waals surface area contributed by atoms with Crippen molar-refractivity contribution < 1.29 is 27.8 Å². The number of ether oxygens (including phenoxy) is 2. The van der Waals surface area contributed by atoms with Crippen LogP contribution >= 0.6 is 0 Å². The summed E-state index contributed by atoms with van der Waals surface area (Å²) < 4.78 is 39.5. The highest BCUT2D eigenvalue weighted by molar-refractivity contribution is 6.05. The summed E-state index contributed by atoms with van der Waals surface area (Å²) in [6, 6.07) is 8.32. The molecule has 0 atom stereocenters. The van der Waals surface area contributed by atoms with Crippen LogP contribution in [0.3, 0.4) is 0 Å². The molecule has 1 aliphatic heterocycles. The lowest BCUT2D eigenvalue weighted by Gasteiger charge is -2.57. The zero-order chi connectivity index (χ0) is 26.4. The Morgan fingerprint density at radius 2 is 1.92 bits per heavy atom. The summed E-state index contributed by atoms with van der Waals surface area (Å²) in [5.74, 6) is -0.810. The van der Waals surface area contributed by atoms with E-state index in [1.807, 2.05) is 6.07 Å². The van der Waals surface area contributed by atoms with Crippen molar-refractivity contribution in [3.63, 3.8) is 0 Å². The van der Waals surface area contributed by atoms with Crippen molar-refractivity contribution in [1.29, 1.82) is 0 Å². The average molecular weight is 527 g/mol. The molecular weight excluding hydrogens is 498 g/mol. The number of aromatic nitrogens is 3. The largest absolute Gasteiger partial charge is 0.474 e. The quantitative estimate of drug-likeness (QED) is 0.485. The second-order valence-electron chi connectivity index (χ2n) is 10.3. The Morgan fingerprint density at radius 3 is 2.63 bits per heavy atom. The number of amides is 2. The average Bonchev–Trinajstić information content (AvgIpc) is 3.26. The van der Waals surface area contributed by atoms with E-state index in [0.29, 0.717) is 36.4 Å². The molecule has 3 aliphatic rings. The first kappa shape index (κ1) is 24.5. The van der Waals surface area contributed by atoms with Crippen molar-refractivity contribution in [1.82, 2.24) is 20.1 Å². The number of hydrogen-bond acceptors (Lipinski definition) is 7. The van der Waals surface area contributed by atoms with Gasteiger partial charge in [0.1, 0.15) is 11.7 Å². The maximum absolute atomic E-state index is 13.8. The Morgan fingerprint density at radius 1 is 1.16 bits per heavy atom. The Labute approximate surface area is 217 Å². The molecule has 0 unspecified atom stereocenters. The molecule has 12 heteroatoms. The van der Waals surface area contributed by atoms with E-state index in [2.05, 4.69) is 20.3 Å². The maximum atomic E-state index is 13.8. The van der Waals surface area contributed by atoms with Crippen molar-refractivity contribution in [3.05, 3.63) is 47.8 Å². The van der Waals surface area contributed by atoms with Gasteiger partial charge in [0.05, 0.1) is 18.7 Å². The minimum Gasteiger partial charge on any atom is -0.474 e. The van der Waals surface area contributed by atoms with Crippen LogP contribution in [0.25, 0.3) is 10.9 Å². The maximum Gasteiger partial charge on any atom is 0.333 e. The number of morpholine rings is 1. The number of nitrogens with one attached hydrogen (secondary N) is 1. The van der Waals surface area contributed by atoms with Crippen LogP contribution in [0, 0.1) is 5.41 Å². The van der Waals surface area contributed by atoms with Gasteiger partial charge in [0.2, 0.25) is 5.88 Å². The van der Waals surface area contributed by atoms with Crippen LogP contribution in [-0.2, 0) is 4.74 Å². The first-order valence-electron chi connectivity index (χ1n) is 12.7. The monoisotopic (exact) mass is 526 g/mol. The van der Waals surface area contributed by atoms with Gasteiger partial charge in [-0.2, -0.15) is 13.9 Å². The fourth-order valence-corrected chi connectivity index (χ4v) is 5.95. The van der Waals surface area contributed by atoms with Crippen LogP contribution in [0.2, 0.25) is 0 Å². The smallest absolute Gasteiger partial charge is 0.333 e. The number of pyridine rings is 1. The van der Waals surface area contributed by atoms with Crippen molar-refractivity contribution in [2.24, 2.45) is 11.1 Å². The van der Waals surface area contributed by atoms with Gasteiger partial charge in [-0.3, -0.25) is 9.59 Å². The van der Waals surface area contributed by atoms with Gasteiger partial charge in [0, 0.05) is 36.4 Å². The van der Waals surface area contributed by atoms with Crippen LogP contribution in [0.4, 0.5) is 14.5 Å². The minimum absolute atomic E-state index is 0.00118. The van der Waals surface area contributed by atoms with Gasteiger partial charge < -0.3 is 25.4 Å². The molecule has 3 heterocycles. The number of halogens is 2. The Kier molecular flexibility index (Phi) is 6.13. The van der Waals surface area contributed by atoms with Crippen LogP contribution in [0.1, 0.15) is 53.1 Å². The molecule has 200 valence electrons. The Hall–Kier alpha value is -3.80. The van der Waals surface area contributed by atoms with Gasteiger partial charge in [0.15, 0.2) is 5.69 Å². The van der Waals surface area contributed by atoms with Crippen molar-refractivity contribution in [2.45, 2.75) is 44.4 Å². The summed E-state index contributed by atoms with van der Waals surface area (Å²) >= 11 is 0. The molecule has 38 heavy (non-hydrogen) atoms. The van der Waals surface area contributed by atoms with E-state index in [1.54, 1.807) is 30.5 Å². The standard InChI is InChI=1S/C26H28F2N6O4/c27-25(28)34-20-10-16(33-6-8-37-9-7-33)3-4-18(20)21(32-34)23(36)31-15-11-26(12-15)13-17(14-26)38-24-19(22(29)35)2-1-5-30-24/h1-5,10,15,17,25H,6-9,11-14H2,(H2,29,35)(H,31,36). The Balaban J connectivity index is 1.09. The fourth-order valence-electron chi connectivity index (χ4n) is 5.95. The van der Waals surface area contributed by atoms with E-state index in [1.165, 1.54) is 0 Å². The molecular formula is C26H28F2N6O4. The highest BCUT2D eigenvalue weighted by Gasteiger charge is 2.54. The summed E-state index contributed by atoms with van der Waals surface area (Å²) in [5, 5.41) is 7.35. The molecule has 2 aromatic heterocycles. The molecule has 1 saturated heterocycles. The van der Waals surface area contributed by atoms with Crippen LogP contribution in [0.15, 0.2) is 36.5 Å². The third-order valence-corrected chi connectivity index (χ3v) is 7.80. The zero-order valence-corrected chi connectivity index (χ0v) is 20.6. The van der Waals surface area contributed by atoms with Gasteiger partial charge in [-0.05, 0) is 61.4 Å². The molecule has 1 spiro atoms.